The first-order valence-electron chi connectivity index (χ1n) is 7.32. The maximum absolute atomic E-state index is 12.2. The number of thiazole rings is 1. The topological polar surface area (TPSA) is 54.0 Å². The fraction of sp³-hybridized carbons (Fsp3) is 0.467. The van der Waals surface area contributed by atoms with E-state index in [0.29, 0.717) is 12.3 Å². The van der Waals surface area contributed by atoms with E-state index in [-0.39, 0.29) is 36.8 Å². The van der Waals surface area contributed by atoms with E-state index in [4.69, 9.17) is 11.6 Å². The predicted molar refractivity (Wildman–Crippen MR) is 107 cm³/mol. The average Bonchev–Trinajstić information content (AvgIpc) is 3.10. The molecule has 1 aliphatic heterocycles. The Hall–Kier alpha value is -0.370. The molecule has 4 nitrogen and oxygen atoms in total. The van der Waals surface area contributed by atoms with E-state index in [2.05, 4.69) is 22.5 Å². The Kier molecular flexibility index (Phi) is 8.98. The van der Waals surface area contributed by atoms with Gasteiger partial charge in [0.15, 0.2) is 0 Å². The van der Waals surface area contributed by atoms with Crippen molar-refractivity contribution < 1.29 is 4.79 Å². The van der Waals surface area contributed by atoms with Gasteiger partial charge in [-0.05, 0) is 31.0 Å². The third-order valence-corrected chi connectivity index (χ3v) is 6.14. The monoisotopic (exact) mass is 427 g/mol. The Balaban J connectivity index is 0.00000144. The molecule has 0 saturated carbocycles. The number of amides is 1. The molecule has 0 aromatic carbocycles. The highest BCUT2D eigenvalue weighted by Gasteiger charge is 2.22. The molecule has 0 radical (unpaired) electrons. The summed E-state index contributed by atoms with van der Waals surface area (Å²) in [6.07, 6.45) is 1.43. The molecule has 2 aromatic heterocycles. The van der Waals surface area contributed by atoms with E-state index >= 15 is 0 Å². The summed E-state index contributed by atoms with van der Waals surface area (Å²) in [7, 11) is 0. The van der Waals surface area contributed by atoms with Crippen LogP contribution in [0.5, 0.6) is 0 Å². The zero-order valence-corrected chi connectivity index (χ0v) is 17.1. The molecule has 0 aliphatic carbocycles. The first kappa shape index (κ1) is 21.7. The molecule has 3 heterocycles. The molecule has 0 bridgehead atoms. The lowest BCUT2D eigenvalue weighted by atomic mass is 9.95. The van der Waals surface area contributed by atoms with Crippen LogP contribution < -0.4 is 10.6 Å². The van der Waals surface area contributed by atoms with Crippen molar-refractivity contribution in [2.75, 3.05) is 13.1 Å². The van der Waals surface area contributed by atoms with Crippen LogP contribution in [0.15, 0.2) is 17.5 Å². The number of carbonyl (C=O) groups excluding carboxylic acids is 1. The normalized spacial score (nSPS) is 19.9. The Morgan fingerprint density at radius 1 is 1.46 bits per heavy atom. The van der Waals surface area contributed by atoms with Gasteiger partial charge >= 0.3 is 0 Å². The highest BCUT2D eigenvalue weighted by Crippen LogP contribution is 2.32. The molecule has 2 aromatic rings. The second-order valence-electron chi connectivity index (χ2n) is 5.57. The highest BCUT2D eigenvalue weighted by atomic mass is 35.5. The number of hydrogen-bond acceptors (Lipinski definition) is 5. The number of piperidine rings is 1. The summed E-state index contributed by atoms with van der Waals surface area (Å²) in [4.78, 5) is 17.8. The Bertz CT molecular complexity index is 662. The highest BCUT2D eigenvalue weighted by molar-refractivity contribution is 7.23. The van der Waals surface area contributed by atoms with Crippen molar-refractivity contribution in [1.29, 1.82) is 0 Å². The molecule has 9 heteroatoms. The Morgan fingerprint density at radius 2 is 2.25 bits per heavy atom. The molecule has 2 unspecified atom stereocenters. The standard InChI is InChI=1S/C15H18ClN3OS2.2ClH/c1-9-4-5-17-7-11(9)19-14(20)6-10-8-21-15(18-10)12-2-3-13(16)22-12;;/h2-3,8-9,11,17H,4-7H2,1H3,(H,19,20);2*1H. The fourth-order valence-corrected chi connectivity index (χ4v) is 4.47. The van der Waals surface area contributed by atoms with Crippen LogP contribution in [0.25, 0.3) is 9.88 Å². The predicted octanol–water partition coefficient (Wildman–Crippen LogP) is 4.03. The number of rotatable bonds is 4. The van der Waals surface area contributed by atoms with E-state index in [9.17, 15) is 4.79 Å². The van der Waals surface area contributed by atoms with Gasteiger partial charge in [0.25, 0.3) is 0 Å². The fourth-order valence-electron chi connectivity index (χ4n) is 2.54. The SMILES string of the molecule is CC1CCNCC1NC(=O)Cc1csc(-c2ccc(Cl)s2)n1.Cl.Cl. The largest absolute Gasteiger partial charge is 0.351 e. The summed E-state index contributed by atoms with van der Waals surface area (Å²) in [5.74, 6) is 0.561. The minimum atomic E-state index is 0. The second-order valence-corrected chi connectivity index (χ2v) is 8.14. The van der Waals surface area contributed by atoms with Gasteiger partial charge in [-0.2, -0.15) is 0 Å². The van der Waals surface area contributed by atoms with Gasteiger partial charge in [0, 0.05) is 18.0 Å². The molecule has 3 rings (SSSR count). The molecule has 0 spiro atoms. The second kappa shape index (κ2) is 9.94. The van der Waals surface area contributed by atoms with Crippen LogP contribution in [0.3, 0.4) is 0 Å². The van der Waals surface area contributed by atoms with Crippen molar-refractivity contribution in [2.45, 2.75) is 25.8 Å². The van der Waals surface area contributed by atoms with E-state index in [1.807, 2.05) is 17.5 Å². The number of halogens is 3. The maximum Gasteiger partial charge on any atom is 0.226 e. The summed E-state index contributed by atoms with van der Waals surface area (Å²) in [5, 5.41) is 9.31. The smallest absolute Gasteiger partial charge is 0.226 e. The number of hydrogen-bond donors (Lipinski definition) is 2. The van der Waals surface area contributed by atoms with Crippen LogP contribution in [0, 0.1) is 5.92 Å². The van der Waals surface area contributed by atoms with Crippen molar-refractivity contribution in [3.8, 4) is 9.88 Å². The third-order valence-electron chi connectivity index (χ3n) is 3.85. The molecule has 1 aliphatic rings. The quantitative estimate of drug-likeness (QED) is 0.773. The van der Waals surface area contributed by atoms with E-state index in [0.717, 1.165) is 39.4 Å². The summed E-state index contributed by atoms with van der Waals surface area (Å²) in [6.45, 7) is 4.07. The lowest BCUT2D eigenvalue weighted by Crippen LogP contribution is -2.50. The average molecular weight is 429 g/mol. The van der Waals surface area contributed by atoms with Gasteiger partial charge in [0.05, 0.1) is 21.3 Å². The molecule has 1 saturated heterocycles. The van der Waals surface area contributed by atoms with Crippen molar-refractivity contribution in [3.05, 3.63) is 27.5 Å². The van der Waals surface area contributed by atoms with Crippen LogP contribution in [-0.2, 0) is 11.2 Å². The molecule has 1 amide bonds. The molecular formula is C15H20Cl3N3OS2. The Morgan fingerprint density at radius 3 is 2.92 bits per heavy atom. The van der Waals surface area contributed by atoms with Crippen molar-refractivity contribution in [3.63, 3.8) is 0 Å². The van der Waals surface area contributed by atoms with Gasteiger partial charge < -0.3 is 10.6 Å². The van der Waals surface area contributed by atoms with Crippen molar-refractivity contribution in [1.82, 2.24) is 15.6 Å². The van der Waals surface area contributed by atoms with Crippen LogP contribution in [0.2, 0.25) is 4.34 Å². The first-order valence-corrected chi connectivity index (χ1v) is 9.39. The molecule has 2 N–H and O–H groups in total. The van der Waals surface area contributed by atoms with E-state index in [1.54, 1.807) is 11.3 Å². The zero-order chi connectivity index (χ0) is 15.5. The number of nitrogens with one attached hydrogen (secondary N) is 2. The van der Waals surface area contributed by atoms with Crippen molar-refractivity contribution in [2.24, 2.45) is 5.92 Å². The van der Waals surface area contributed by atoms with E-state index < -0.39 is 0 Å². The van der Waals surface area contributed by atoms with Gasteiger partial charge in [0.1, 0.15) is 5.01 Å². The van der Waals surface area contributed by atoms with Crippen LogP contribution in [0.1, 0.15) is 19.0 Å². The Labute approximate surface area is 167 Å². The van der Waals surface area contributed by atoms with Gasteiger partial charge in [-0.1, -0.05) is 18.5 Å². The molecular weight excluding hydrogens is 409 g/mol. The first-order chi connectivity index (χ1) is 10.6. The molecule has 24 heavy (non-hydrogen) atoms. The minimum Gasteiger partial charge on any atom is -0.351 e. The maximum atomic E-state index is 12.2. The molecule has 1 fully saturated rings. The van der Waals surface area contributed by atoms with Gasteiger partial charge in [-0.3, -0.25) is 4.79 Å². The number of aromatic nitrogens is 1. The van der Waals surface area contributed by atoms with Crippen LogP contribution >= 0.6 is 59.1 Å². The molecule has 2 atom stereocenters. The van der Waals surface area contributed by atoms with Gasteiger partial charge in [0.2, 0.25) is 5.91 Å². The number of nitrogens with zero attached hydrogens (tertiary/aromatic N) is 1. The number of thiophene rings is 1. The number of carbonyl (C=O) groups is 1. The molecule has 134 valence electrons. The summed E-state index contributed by atoms with van der Waals surface area (Å²) in [5.41, 5.74) is 0.818. The van der Waals surface area contributed by atoms with E-state index in [1.165, 1.54) is 11.3 Å². The summed E-state index contributed by atoms with van der Waals surface area (Å²) < 4.78 is 0.753. The van der Waals surface area contributed by atoms with Crippen LogP contribution in [0.4, 0.5) is 0 Å². The van der Waals surface area contributed by atoms with Gasteiger partial charge in [-0.15, -0.1) is 47.5 Å². The van der Waals surface area contributed by atoms with Crippen molar-refractivity contribution >= 4 is 65.0 Å². The lowest BCUT2D eigenvalue weighted by Gasteiger charge is -2.30. The van der Waals surface area contributed by atoms with Crippen LogP contribution in [-0.4, -0.2) is 30.0 Å². The zero-order valence-electron chi connectivity index (χ0n) is 13.1. The van der Waals surface area contributed by atoms with Gasteiger partial charge in [-0.25, -0.2) is 4.98 Å². The lowest BCUT2D eigenvalue weighted by molar-refractivity contribution is -0.121. The summed E-state index contributed by atoms with van der Waals surface area (Å²) in [6, 6.07) is 4.05. The summed E-state index contributed by atoms with van der Waals surface area (Å²) >= 11 is 9.01. The minimum absolute atomic E-state index is 0. The third kappa shape index (κ3) is 5.58.